The number of aliphatic hydroxyl groups excluding tert-OH is 1. The number of hydrogen-bond acceptors (Lipinski definition) is 4. The van der Waals surface area contributed by atoms with Gasteiger partial charge >= 0.3 is 0 Å². The smallest absolute Gasteiger partial charge is 0.0702 e. The van der Waals surface area contributed by atoms with Crippen molar-refractivity contribution in [1.29, 1.82) is 0 Å². The molecule has 3 N–H and O–H groups in total. The van der Waals surface area contributed by atoms with Crippen LogP contribution in [0.1, 0.15) is 51.0 Å². The Morgan fingerprint density at radius 2 is 1.90 bits per heavy atom. The fourth-order valence-corrected chi connectivity index (χ4v) is 4.37. The molecule has 1 aromatic rings. The number of rotatable bonds is 9. The van der Waals surface area contributed by atoms with E-state index in [2.05, 4.69) is 53.7 Å². The molecule has 0 aliphatic heterocycles. The first-order chi connectivity index (χ1) is 9.58. The molecule has 0 saturated heterocycles. The summed E-state index contributed by atoms with van der Waals surface area (Å²) in [5.74, 6) is 0. The third-order valence-corrected chi connectivity index (χ3v) is 5.58. The highest BCUT2D eigenvalue weighted by Gasteiger charge is 2.30. The largest absolute Gasteiger partial charge is 0.395 e. The highest BCUT2D eigenvalue weighted by molar-refractivity contribution is 9.11. The second-order valence-corrected chi connectivity index (χ2v) is 7.59. The van der Waals surface area contributed by atoms with Crippen molar-refractivity contribution in [3.05, 3.63) is 20.8 Å². The molecule has 5 heteroatoms. The summed E-state index contributed by atoms with van der Waals surface area (Å²) in [6.45, 7) is 7.40. The Balaban J connectivity index is 3.10. The summed E-state index contributed by atoms with van der Waals surface area (Å²) in [4.78, 5) is 3.68. The van der Waals surface area contributed by atoms with Crippen LogP contribution in [-0.4, -0.2) is 35.2 Å². The predicted molar refractivity (Wildman–Crippen MR) is 91.2 cm³/mol. The van der Waals surface area contributed by atoms with E-state index >= 15 is 0 Å². The van der Waals surface area contributed by atoms with Gasteiger partial charge in [-0.25, -0.2) is 0 Å². The molecule has 0 spiro atoms. The molecular formula is C15H27BrN2OS. The zero-order chi connectivity index (χ0) is 15.1. The molecule has 0 bridgehead atoms. The quantitative estimate of drug-likeness (QED) is 0.702. The molecule has 2 unspecified atom stereocenters. The van der Waals surface area contributed by atoms with Gasteiger partial charge in [0.15, 0.2) is 0 Å². The molecule has 116 valence electrons. The van der Waals surface area contributed by atoms with E-state index in [1.165, 1.54) is 4.88 Å². The van der Waals surface area contributed by atoms with Crippen LogP contribution in [0.5, 0.6) is 0 Å². The number of thiophene rings is 1. The van der Waals surface area contributed by atoms with Crippen LogP contribution in [0.2, 0.25) is 0 Å². The predicted octanol–water partition coefficient (Wildman–Crippen LogP) is 3.77. The van der Waals surface area contributed by atoms with Crippen molar-refractivity contribution in [2.75, 3.05) is 13.2 Å². The van der Waals surface area contributed by atoms with E-state index in [9.17, 15) is 5.11 Å². The highest BCUT2D eigenvalue weighted by atomic mass is 79.9. The van der Waals surface area contributed by atoms with E-state index in [-0.39, 0.29) is 18.7 Å². The van der Waals surface area contributed by atoms with Crippen LogP contribution < -0.4 is 5.73 Å². The van der Waals surface area contributed by atoms with Gasteiger partial charge in [0.25, 0.3) is 0 Å². The number of nitrogens with two attached hydrogens (primary N) is 1. The van der Waals surface area contributed by atoms with Gasteiger partial charge in [0.05, 0.1) is 16.4 Å². The maximum absolute atomic E-state index is 9.44. The van der Waals surface area contributed by atoms with Gasteiger partial charge in [-0.05, 0) is 47.3 Å². The van der Waals surface area contributed by atoms with Crippen molar-refractivity contribution >= 4 is 27.3 Å². The highest BCUT2D eigenvalue weighted by Crippen LogP contribution is 2.35. The molecule has 1 heterocycles. The first-order valence-corrected chi connectivity index (χ1v) is 9.07. The maximum Gasteiger partial charge on any atom is 0.0702 e. The molecule has 20 heavy (non-hydrogen) atoms. The van der Waals surface area contributed by atoms with Gasteiger partial charge in [-0.2, -0.15) is 0 Å². The number of nitrogens with zero attached hydrogens (tertiary/aromatic N) is 1. The first-order valence-electron chi connectivity index (χ1n) is 7.46. The zero-order valence-electron chi connectivity index (χ0n) is 12.7. The van der Waals surface area contributed by atoms with Gasteiger partial charge in [0.2, 0.25) is 0 Å². The average molecular weight is 363 g/mol. The fraction of sp³-hybridized carbons (Fsp3) is 0.733. The van der Waals surface area contributed by atoms with Crippen molar-refractivity contribution < 1.29 is 5.11 Å². The van der Waals surface area contributed by atoms with Crippen LogP contribution >= 0.6 is 27.3 Å². The second kappa shape index (κ2) is 9.15. The Morgan fingerprint density at radius 1 is 1.25 bits per heavy atom. The summed E-state index contributed by atoms with van der Waals surface area (Å²) in [6.07, 6.45) is 3.09. The Labute approximate surface area is 135 Å². The Bertz CT molecular complexity index is 382. The second-order valence-electron chi connectivity index (χ2n) is 5.09. The fourth-order valence-electron chi connectivity index (χ4n) is 2.75. The van der Waals surface area contributed by atoms with Crippen LogP contribution in [0.25, 0.3) is 0 Å². The van der Waals surface area contributed by atoms with E-state index in [4.69, 9.17) is 5.73 Å². The van der Waals surface area contributed by atoms with E-state index in [1.807, 2.05) is 0 Å². The number of hydrogen-bond donors (Lipinski definition) is 2. The molecule has 0 fully saturated rings. The lowest BCUT2D eigenvalue weighted by Gasteiger charge is -2.39. The zero-order valence-corrected chi connectivity index (χ0v) is 15.1. The molecule has 0 aliphatic rings. The Morgan fingerprint density at radius 3 is 2.30 bits per heavy atom. The van der Waals surface area contributed by atoms with Gasteiger partial charge in [0.1, 0.15) is 0 Å². The molecule has 0 radical (unpaired) electrons. The van der Waals surface area contributed by atoms with Crippen molar-refractivity contribution in [1.82, 2.24) is 4.90 Å². The third-order valence-electron chi connectivity index (χ3n) is 3.89. The first kappa shape index (κ1) is 18.1. The van der Waals surface area contributed by atoms with Crippen molar-refractivity contribution in [3.63, 3.8) is 0 Å². The Hall–Kier alpha value is 0.0600. The Kier molecular flexibility index (Phi) is 8.29. The summed E-state index contributed by atoms with van der Waals surface area (Å²) in [5.41, 5.74) is 6.40. The lowest BCUT2D eigenvalue weighted by Crippen LogP contribution is -2.46. The summed E-state index contributed by atoms with van der Waals surface area (Å²) in [7, 11) is 0. The minimum atomic E-state index is 0.0905. The number of aliphatic hydroxyl groups is 1. The van der Waals surface area contributed by atoms with Crippen LogP contribution in [0, 0.1) is 0 Å². The summed E-state index contributed by atoms with van der Waals surface area (Å²) in [6, 6.07) is 4.98. The van der Waals surface area contributed by atoms with Crippen molar-refractivity contribution in [2.24, 2.45) is 5.73 Å². The third kappa shape index (κ3) is 4.53. The van der Waals surface area contributed by atoms with E-state index in [0.29, 0.717) is 12.6 Å². The van der Waals surface area contributed by atoms with Gasteiger partial charge in [-0.15, -0.1) is 11.3 Å². The molecule has 0 saturated carbocycles. The lowest BCUT2D eigenvalue weighted by atomic mass is 9.99. The van der Waals surface area contributed by atoms with Gasteiger partial charge in [0, 0.05) is 23.5 Å². The summed E-state index contributed by atoms with van der Waals surface area (Å²) >= 11 is 5.29. The summed E-state index contributed by atoms with van der Waals surface area (Å²) in [5, 5.41) is 9.44. The molecule has 3 nitrogen and oxygen atoms in total. The molecule has 1 rings (SSSR count). The normalized spacial score (nSPS) is 15.0. The molecule has 0 aliphatic carbocycles. The topological polar surface area (TPSA) is 49.5 Å². The maximum atomic E-state index is 9.44. The summed E-state index contributed by atoms with van der Waals surface area (Å²) < 4.78 is 1.13. The molecule has 2 atom stereocenters. The molecule has 0 aromatic carbocycles. The van der Waals surface area contributed by atoms with Crippen LogP contribution in [0.15, 0.2) is 15.9 Å². The van der Waals surface area contributed by atoms with Crippen molar-refractivity contribution in [3.8, 4) is 0 Å². The monoisotopic (exact) mass is 362 g/mol. The molecular weight excluding hydrogens is 336 g/mol. The van der Waals surface area contributed by atoms with E-state index < -0.39 is 0 Å². The van der Waals surface area contributed by atoms with E-state index in [1.54, 1.807) is 11.3 Å². The molecule has 0 amide bonds. The average Bonchev–Trinajstić information content (AvgIpc) is 2.86. The lowest BCUT2D eigenvalue weighted by molar-refractivity contribution is 0.0831. The van der Waals surface area contributed by atoms with Crippen molar-refractivity contribution in [2.45, 2.75) is 58.2 Å². The molecule has 1 aromatic heterocycles. The van der Waals surface area contributed by atoms with Crippen LogP contribution in [0.3, 0.4) is 0 Å². The SMILES string of the molecule is CCC(N)C(c1ccc(Br)s1)N(CCO)C(CC)CC. The number of halogens is 1. The standard InChI is InChI=1S/C15H27BrN2OS/c1-4-11(5-2)18(9-10-19)15(12(17)6-3)13-7-8-14(16)20-13/h7-8,11-12,15,19H,4-6,9-10,17H2,1-3H3. The minimum Gasteiger partial charge on any atom is -0.395 e. The van der Waals surface area contributed by atoms with Gasteiger partial charge < -0.3 is 10.8 Å². The van der Waals surface area contributed by atoms with Crippen LogP contribution in [0.4, 0.5) is 0 Å². The van der Waals surface area contributed by atoms with Gasteiger partial charge in [-0.1, -0.05) is 20.8 Å². The van der Waals surface area contributed by atoms with Crippen LogP contribution in [-0.2, 0) is 0 Å². The van der Waals surface area contributed by atoms with Gasteiger partial charge in [-0.3, -0.25) is 4.90 Å². The van der Waals surface area contributed by atoms with E-state index in [0.717, 1.165) is 23.0 Å². The minimum absolute atomic E-state index is 0.0905.